The van der Waals surface area contributed by atoms with Crippen LogP contribution in [0.1, 0.15) is 20.3 Å². The van der Waals surface area contributed by atoms with Crippen molar-refractivity contribution in [3.63, 3.8) is 0 Å². The molecule has 0 rings (SSSR count). The lowest BCUT2D eigenvalue weighted by atomic mass is 10.4. The lowest BCUT2D eigenvalue weighted by Crippen LogP contribution is -2.31. The molecule has 0 aliphatic heterocycles. The van der Waals surface area contributed by atoms with Crippen LogP contribution in [0.15, 0.2) is 0 Å². The van der Waals surface area contributed by atoms with Crippen LogP contribution in [0.2, 0.25) is 0 Å². The maximum atomic E-state index is 9.57. The Bertz CT molecular complexity index is 125. The molecule has 0 heterocycles. The normalized spacial score (nSPS) is 15.4. The Morgan fingerprint density at radius 1 is 1.50 bits per heavy atom. The number of methoxy groups -OCH3 is 1. The number of hydrogen-bond donors (Lipinski definition) is 2. The average Bonchev–Trinajstić information content (AvgIpc) is 2.21. The van der Waals surface area contributed by atoms with Gasteiger partial charge in [0.05, 0.1) is 12.7 Å². The average molecular weight is 221 g/mol. The summed E-state index contributed by atoms with van der Waals surface area (Å²) in [6.45, 7) is 6.52. The predicted molar refractivity (Wildman–Crippen MR) is 63.0 cm³/mol. The summed E-state index contributed by atoms with van der Waals surface area (Å²) in [6.07, 6.45) is 0.917. The summed E-state index contributed by atoms with van der Waals surface area (Å²) in [6, 6.07) is 0. The SMILES string of the molecule is CCC(C)SCC(O)CNCCOC. The second-order valence-electron chi connectivity index (χ2n) is 3.40. The van der Waals surface area contributed by atoms with Crippen molar-refractivity contribution in [3.8, 4) is 0 Å². The zero-order valence-corrected chi connectivity index (χ0v) is 10.3. The van der Waals surface area contributed by atoms with Crippen molar-refractivity contribution in [1.82, 2.24) is 5.32 Å². The number of aliphatic hydroxyl groups is 1. The molecular formula is C10H23NO2S. The third-order valence-electron chi connectivity index (χ3n) is 2.01. The van der Waals surface area contributed by atoms with Gasteiger partial charge in [0.15, 0.2) is 0 Å². The first-order valence-corrected chi connectivity index (χ1v) is 6.24. The Morgan fingerprint density at radius 2 is 2.21 bits per heavy atom. The smallest absolute Gasteiger partial charge is 0.0754 e. The van der Waals surface area contributed by atoms with Crippen LogP contribution in [0, 0.1) is 0 Å². The fourth-order valence-electron chi connectivity index (χ4n) is 0.895. The van der Waals surface area contributed by atoms with E-state index < -0.39 is 0 Å². The Labute approximate surface area is 91.6 Å². The zero-order valence-electron chi connectivity index (χ0n) is 9.45. The van der Waals surface area contributed by atoms with Gasteiger partial charge in [-0.05, 0) is 6.42 Å². The van der Waals surface area contributed by atoms with Gasteiger partial charge in [-0.25, -0.2) is 0 Å². The lowest BCUT2D eigenvalue weighted by Gasteiger charge is -2.13. The molecule has 14 heavy (non-hydrogen) atoms. The van der Waals surface area contributed by atoms with Gasteiger partial charge in [0, 0.05) is 31.2 Å². The molecule has 4 heteroatoms. The molecule has 0 aliphatic rings. The van der Waals surface area contributed by atoms with Crippen LogP contribution in [-0.2, 0) is 4.74 Å². The Morgan fingerprint density at radius 3 is 2.79 bits per heavy atom. The first-order valence-electron chi connectivity index (χ1n) is 5.20. The number of ether oxygens (including phenoxy) is 1. The molecular weight excluding hydrogens is 198 g/mol. The van der Waals surface area contributed by atoms with E-state index >= 15 is 0 Å². The molecule has 2 N–H and O–H groups in total. The summed E-state index contributed by atoms with van der Waals surface area (Å²) in [5.41, 5.74) is 0. The van der Waals surface area contributed by atoms with Gasteiger partial charge >= 0.3 is 0 Å². The highest BCUT2D eigenvalue weighted by Gasteiger charge is 2.06. The fraction of sp³-hybridized carbons (Fsp3) is 1.00. The third-order valence-corrected chi connectivity index (χ3v) is 3.49. The fourth-order valence-corrected chi connectivity index (χ4v) is 1.80. The molecule has 0 aromatic heterocycles. The highest BCUT2D eigenvalue weighted by Crippen LogP contribution is 2.14. The summed E-state index contributed by atoms with van der Waals surface area (Å²) < 4.78 is 4.89. The van der Waals surface area contributed by atoms with Crippen LogP contribution in [0.25, 0.3) is 0 Å². The van der Waals surface area contributed by atoms with E-state index in [4.69, 9.17) is 4.74 Å². The van der Waals surface area contributed by atoms with Crippen molar-refractivity contribution in [2.45, 2.75) is 31.6 Å². The van der Waals surface area contributed by atoms with Crippen LogP contribution >= 0.6 is 11.8 Å². The summed E-state index contributed by atoms with van der Waals surface area (Å²) in [5, 5.41) is 13.4. The van der Waals surface area contributed by atoms with E-state index in [2.05, 4.69) is 19.2 Å². The molecule has 0 fully saturated rings. The van der Waals surface area contributed by atoms with Crippen molar-refractivity contribution < 1.29 is 9.84 Å². The Kier molecular flexibility index (Phi) is 9.93. The van der Waals surface area contributed by atoms with Crippen LogP contribution in [0.5, 0.6) is 0 Å². The largest absolute Gasteiger partial charge is 0.391 e. The number of hydrogen-bond acceptors (Lipinski definition) is 4. The topological polar surface area (TPSA) is 41.5 Å². The van der Waals surface area contributed by atoms with Crippen molar-refractivity contribution >= 4 is 11.8 Å². The minimum Gasteiger partial charge on any atom is -0.391 e. The van der Waals surface area contributed by atoms with Gasteiger partial charge in [-0.1, -0.05) is 13.8 Å². The molecule has 0 aliphatic carbocycles. The van der Waals surface area contributed by atoms with Crippen molar-refractivity contribution in [2.75, 3.05) is 32.6 Å². The molecule has 0 bridgehead atoms. The van der Waals surface area contributed by atoms with Crippen molar-refractivity contribution in [2.24, 2.45) is 0 Å². The zero-order chi connectivity index (χ0) is 10.8. The number of nitrogens with one attached hydrogen (secondary N) is 1. The van der Waals surface area contributed by atoms with Gasteiger partial charge < -0.3 is 15.2 Å². The first-order chi connectivity index (χ1) is 6.70. The summed E-state index contributed by atoms with van der Waals surface area (Å²) in [4.78, 5) is 0. The van der Waals surface area contributed by atoms with E-state index in [1.807, 2.05) is 11.8 Å². The second-order valence-corrected chi connectivity index (χ2v) is 4.87. The quantitative estimate of drug-likeness (QED) is 0.572. The van der Waals surface area contributed by atoms with Crippen molar-refractivity contribution in [3.05, 3.63) is 0 Å². The van der Waals surface area contributed by atoms with Gasteiger partial charge in [-0.3, -0.25) is 0 Å². The standard InChI is InChI=1S/C10H23NO2S/c1-4-9(2)14-8-10(12)7-11-5-6-13-3/h9-12H,4-8H2,1-3H3. The molecule has 2 unspecified atom stereocenters. The molecule has 0 saturated carbocycles. The van der Waals surface area contributed by atoms with Crippen LogP contribution < -0.4 is 5.32 Å². The van der Waals surface area contributed by atoms with Gasteiger partial charge in [-0.2, -0.15) is 11.8 Å². The van der Waals surface area contributed by atoms with Gasteiger partial charge in [0.2, 0.25) is 0 Å². The van der Waals surface area contributed by atoms with E-state index in [-0.39, 0.29) is 6.10 Å². The van der Waals surface area contributed by atoms with E-state index in [0.29, 0.717) is 18.4 Å². The van der Waals surface area contributed by atoms with E-state index in [9.17, 15) is 5.11 Å². The summed E-state index contributed by atoms with van der Waals surface area (Å²) in [5.74, 6) is 0.814. The molecule has 86 valence electrons. The maximum Gasteiger partial charge on any atom is 0.0754 e. The molecule has 0 aromatic carbocycles. The van der Waals surface area contributed by atoms with E-state index in [0.717, 1.165) is 18.7 Å². The minimum atomic E-state index is -0.245. The molecule has 0 saturated heterocycles. The van der Waals surface area contributed by atoms with Gasteiger partial charge in [-0.15, -0.1) is 0 Å². The second kappa shape index (κ2) is 9.77. The Balaban J connectivity index is 3.23. The number of thioether (sulfide) groups is 1. The molecule has 3 nitrogen and oxygen atoms in total. The van der Waals surface area contributed by atoms with E-state index in [1.165, 1.54) is 0 Å². The molecule has 2 atom stereocenters. The number of aliphatic hydroxyl groups excluding tert-OH is 1. The van der Waals surface area contributed by atoms with Crippen LogP contribution in [0.4, 0.5) is 0 Å². The highest BCUT2D eigenvalue weighted by molar-refractivity contribution is 7.99. The van der Waals surface area contributed by atoms with Crippen LogP contribution in [0.3, 0.4) is 0 Å². The monoisotopic (exact) mass is 221 g/mol. The lowest BCUT2D eigenvalue weighted by molar-refractivity contribution is 0.175. The van der Waals surface area contributed by atoms with Crippen LogP contribution in [-0.4, -0.2) is 49.0 Å². The molecule has 0 radical (unpaired) electrons. The third kappa shape index (κ3) is 8.81. The van der Waals surface area contributed by atoms with Crippen molar-refractivity contribution in [1.29, 1.82) is 0 Å². The maximum absolute atomic E-state index is 9.57. The molecule has 0 amide bonds. The molecule has 0 spiro atoms. The summed E-state index contributed by atoms with van der Waals surface area (Å²) >= 11 is 1.83. The van der Waals surface area contributed by atoms with Gasteiger partial charge in [0.25, 0.3) is 0 Å². The minimum absolute atomic E-state index is 0.245. The highest BCUT2D eigenvalue weighted by atomic mass is 32.2. The van der Waals surface area contributed by atoms with E-state index in [1.54, 1.807) is 7.11 Å². The Hall–Kier alpha value is 0.230. The first kappa shape index (κ1) is 14.2. The summed E-state index contributed by atoms with van der Waals surface area (Å²) in [7, 11) is 1.68. The predicted octanol–water partition coefficient (Wildman–Crippen LogP) is 1.11. The van der Waals surface area contributed by atoms with Gasteiger partial charge in [0.1, 0.15) is 0 Å². The molecule has 0 aromatic rings. The number of rotatable bonds is 9.